The molecule has 2 fully saturated rings. The first-order chi connectivity index (χ1) is 11.5. The van der Waals surface area contributed by atoms with Crippen LogP contribution in [0.5, 0.6) is 0 Å². The summed E-state index contributed by atoms with van der Waals surface area (Å²) in [6.45, 7) is 0.446. The van der Waals surface area contributed by atoms with Crippen LogP contribution >= 0.6 is 0 Å². The van der Waals surface area contributed by atoms with Crippen LogP contribution in [0.25, 0.3) is 0 Å². The second-order valence-corrected chi connectivity index (χ2v) is 6.04. The van der Waals surface area contributed by atoms with E-state index in [1.54, 1.807) is 28.9 Å². The molecule has 1 aromatic heterocycles. The minimum atomic E-state index is -0.550. The van der Waals surface area contributed by atoms with Crippen molar-refractivity contribution in [3.05, 3.63) is 18.2 Å². The molecule has 1 atom stereocenters. The Morgan fingerprint density at radius 3 is 2.79 bits per heavy atom. The molecule has 3 heterocycles. The Morgan fingerprint density at radius 2 is 2.17 bits per heavy atom. The summed E-state index contributed by atoms with van der Waals surface area (Å²) in [5.41, 5.74) is 0. The Kier molecular flexibility index (Phi) is 4.32. The van der Waals surface area contributed by atoms with E-state index < -0.39 is 11.9 Å². The molecule has 1 N–H and O–H groups in total. The van der Waals surface area contributed by atoms with Crippen LogP contribution in [0.4, 0.5) is 4.79 Å². The number of imidazole rings is 1. The third kappa shape index (κ3) is 3.01. The van der Waals surface area contributed by atoms with Crippen LogP contribution < -0.4 is 5.32 Å². The zero-order chi connectivity index (χ0) is 17.3. The van der Waals surface area contributed by atoms with E-state index in [9.17, 15) is 19.2 Å². The third-order valence-electron chi connectivity index (χ3n) is 4.42. The molecule has 0 bridgehead atoms. The average molecular weight is 333 g/mol. The summed E-state index contributed by atoms with van der Waals surface area (Å²) >= 11 is 0. The van der Waals surface area contributed by atoms with Gasteiger partial charge in [0.15, 0.2) is 5.82 Å². The average Bonchev–Trinajstić information content (AvgIpc) is 3.14. The number of nitrogens with one attached hydrogen (secondary N) is 1. The summed E-state index contributed by atoms with van der Waals surface area (Å²) in [6, 6.07) is -0.550. The van der Waals surface area contributed by atoms with Gasteiger partial charge in [0.2, 0.25) is 11.7 Å². The molecule has 0 unspecified atom stereocenters. The number of ketones is 1. The zero-order valence-electron chi connectivity index (χ0n) is 13.4. The predicted octanol–water partition coefficient (Wildman–Crippen LogP) is -0.607. The Morgan fingerprint density at radius 1 is 1.38 bits per heavy atom. The van der Waals surface area contributed by atoms with Crippen LogP contribution in [0, 0.1) is 5.92 Å². The first kappa shape index (κ1) is 16.2. The number of aromatic nitrogens is 2. The molecule has 1 aromatic rings. The number of likely N-dealkylation sites (tertiary alicyclic amines) is 1. The van der Waals surface area contributed by atoms with Gasteiger partial charge < -0.3 is 14.8 Å². The fourth-order valence-electron chi connectivity index (χ4n) is 3.05. The van der Waals surface area contributed by atoms with E-state index in [2.05, 4.69) is 10.3 Å². The maximum Gasteiger partial charge on any atom is 0.325 e. The SMILES string of the molecule is Cn1ccnc1C(=O)[C@@H]1CCCN(C(=O)CN2C(=O)CNC2=O)C1. The van der Waals surface area contributed by atoms with Crippen LogP contribution in [0.1, 0.15) is 23.5 Å². The van der Waals surface area contributed by atoms with E-state index in [1.165, 1.54) is 0 Å². The summed E-state index contributed by atoms with van der Waals surface area (Å²) in [5, 5.41) is 2.38. The normalized spacial score (nSPS) is 21.1. The van der Waals surface area contributed by atoms with Gasteiger partial charge in [0.05, 0.1) is 6.54 Å². The van der Waals surface area contributed by atoms with Crippen LogP contribution in [0.3, 0.4) is 0 Å². The maximum absolute atomic E-state index is 12.5. The van der Waals surface area contributed by atoms with Crippen molar-refractivity contribution >= 4 is 23.6 Å². The van der Waals surface area contributed by atoms with Crippen LogP contribution in [0.2, 0.25) is 0 Å². The largest absolute Gasteiger partial charge is 0.340 e. The van der Waals surface area contributed by atoms with Gasteiger partial charge in [0, 0.05) is 38.4 Å². The lowest BCUT2D eigenvalue weighted by Crippen LogP contribution is -2.48. The number of imide groups is 1. The topological polar surface area (TPSA) is 105 Å². The molecule has 0 aromatic carbocycles. The molecule has 2 aliphatic heterocycles. The summed E-state index contributed by atoms with van der Waals surface area (Å²) in [7, 11) is 1.75. The summed E-state index contributed by atoms with van der Waals surface area (Å²) in [6.07, 6.45) is 4.67. The molecule has 128 valence electrons. The number of hydrogen-bond acceptors (Lipinski definition) is 5. The van der Waals surface area contributed by atoms with Gasteiger partial charge in [-0.1, -0.05) is 0 Å². The molecular formula is C15H19N5O4. The first-order valence-electron chi connectivity index (χ1n) is 7.85. The predicted molar refractivity (Wildman–Crippen MR) is 82.0 cm³/mol. The fraction of sp³-hybridized carbons (Fsp3) is 0.533. The first-order valence-corrected chi connectivity index (χ1v) is 7.85. The van der Waals surface area contributed by atoms with E-state index in [0.29, 0.717) is 25.2 Å². The van der Waals surface area contributed by atoms with Gasteiger partial charge in [-0.05, 0) is 12.8 Å². The van der Waals surface area contributed by atoms with Crippen molar-refractivity contribution < 1.29 is 19.2 Å². The van der Waals surface area contributed by atoms with E-state index in [1.807, 2.05) is 0 Å². The molecule has 0 spiro atoms. The van der Waals surface area contributed by atoms with Crippen molar-refractivity contribution in [2.24, 2.45) is 13.0 Å². The number of amides is 4. The number of hydrogen-bond donors (Lipinski definition) is 1. The number of piperidine rings is 1. The van der Waals surface area contributed by atoms with Gasteiger partial charge in [-0.3, -0.25) is 19.3 Å². The lowest BCUT2D eigenvalue weighted by molar-refractivity contribution is -0.137. The Hall–Kier alpha value is -2.71. The maximum atomic E-state index is 12.5. The molecule has 0 aliphatic carbocycles. The number of aryl methyl sites for hydroxylation is 1. The third-order valence-corrected chi connectivity index (χ3v) is 4.42. The van der Waals surface area contributed by atoms with Crippen LogP contribution in [0.15, 0.2) is 12.4 Å². The highest BCUT2D eigenvalue weighted by Crippen LogP contribution is 2.20. The highest BCUT2D eigenvalue weighted by molar-refractivity contribution is 6.04. The highest BCUT2D eigenvalue weighted by atomic mass is 16.2. The van der Waals surface area contributed by atoms with Gasteiger partial charge >= 0.3 is 6.03 Å². The molecule has 9 heteroatoms. The molecule has 0 saturated carbocycles. The van der Waals surface area contributed by atoms with Crippen molar-refractivity contribution in [1.82, 2.24) is 24.7 Å². The second kappa shape index (κ2) is 6.42. The van der Waals surface area contributed by atoms with E-state index in [4.69, 9.17) is 0 Å². The van der Waals surface area contributed by atoms with E-state index >= 15 is 0 Å². The second-order valence-electron chi connectivity index (χ2n) is 6.04. The Bertz CT molecular complexity index is 682. The van der Waals surface area contributed by atoms with Crippen LogP contribution in [-0.2, 0) is 16.6 Å². The summed E-state index contributed by atoms with van der Waals surface area (Å²) in [4.78, 5) is 54.6. The minimum absolute atomic E-state index is 0.0770. The van der Waals surface area contributed by atoms with Gasteiger partial charge in [-0.2, -0.15) is 0 Å². The number of Topliss-reactive ketones (excluding diaryl/α,β-unsaturated/α-hetero) is 1. The van der Waals surface area contributed by atoms with Crippen LogP contribution in [-0.4, -0.2) is 69.2 Å². The standard InChI is InChI=1S/C15H19N5O4/c1-18-6-4-16-14(18)13(23)10-3-2-5-19(8-10)12(22)9-20-11(21)7-17-15(20)24/h4,6,10H,2-3,5,7-9H2,1H3,(H,17,24)/t10-/m1/s1. The molecule has 3 rings (SSSR count). The van der Waals surface area contributed by atoms with Crippen molar-refractivity contribution in [2.45, 2.75) is 12.8 Å². The zero-order valence-corrected chi connectivity index (χ0v) is 13.4. The van der Waals surface area contributed by atoms with Crippen molar-refractivity contribution in [2.75, 3.05) is 26.2 Å². The lowest BCUT2D eigenvalue weighted by Gasteiger charge is -2.32. The van der Waals surface area contributed by atoms with Gasteiger partial charge in [-0.25, -0.2) is 9.78 Å². The highest BCUT2D eigenvalue weighted by Gasteiger charge is 2.34. The van der Waals surface area contributed by atoms with Crippen molar-refractivity contribution in [3.8, 4) is 0 Å². The number of nitrogens with zero attached hydrogens (tertiary/aromatic N) is 4. The molecular weight excluding hydrogens is 314 g/mol. The number of carbonyl (C=O) groups excluding carboxylic acids is 4. The van der Waals surface area contributed by atoms with Gasteiger partial charge in [0.1, 0.15) is 6.54 Å². The van der Waals surface area contributed by atoms with Gasteiger partial charge in [-0.15, -0.1) is 0 Å². The quantitative estimate of drug-likeness (QED) is 0.585. The molecule has 24 heavy (non-hydrogen) atoms. The minimum Gasteiger partial charge on any atom is -0.340 e. The molecule has 2 saturated heterocycles. The monoisotopic (exact) mass is 333 g/mol. The molecule has 9 nitrogen and oxygen atoms in total. The molecule has 4 amide bonds. The summed E-state index contributed by atoms with van der Waals surface area (Å²) < 4.78 is 1.66. The number of urea groups is 1. The van der Waals surface area contributed by atoms with Crippen molar-refractivity contribution in [1.29, 1.82) is 0 Å². The van der Waals surface area contributed by atoms with E-state index in [-0.39, 0.29) is 37.2 Å². The van der Waals surface area contributed by atoms with E-state index in [0.717, 1.165) is 4.90 Å². The fourth-order valence-corrected chi connectivity index (χ4v) is 3.05. The number of carbonyl (C=O) groups is 4. The molecule has 2 aliphatic rings. The Balaban J connectivity index is 1.64. The smallest absolute Gasteiger partial charge is 0.325 e. The lowest BCUT2D eigenvalue weighted by atomic mass is 9.93. The Labute approximate surface area is 138 Å². The number of rotatable bonds is 4. The molecule has 0 radical (unpaired) electrons. The van der Waals surface area contributed by atoms with Crippen molar-refractivity contribution in [3.63, 3.8) is 0 Å². The summed E-state index contributed by atoms with van der Waals surface area (Å²) in [5.74, 6) is -0.756. The van der Waals surface area contributed by atoms with Gasteiger partial charge in [0.25, 0.3) is 5.91 Å².